The lowest BCUT2D eigenvalue weighted by Crippen LogP contribution is -2.21. The predicted molar refractivity (Wildman–Crippen MR) is 38.4 cm³/mol. The van der Waals surface area contributed by atoms with Crippen LogP contribution in [-0.4, -0.2) is 18.9 Å². The van der Waals surface area contributed by atoms with Crippen molar-refractivity contribution in [2.75, 3.05) is 6.54 Å². The van der Waals surface area contributed by atoms with Gasteiger partial charge >= 0.3 is 0 Å². The molecule has 0 radical (unpaired) electrons. The molecule has 0 spiro atoms. The first kappa shape index (κ1) is 8.63. The van der Waals surface area contributed by atoms with Gasteiger partial charge in [-0.1, -0.05) is 13.8 Å². The van der Waals surface area contributed by atoms with Gasteiger partial charge in [0.05, 0.1) is 6.04 Å². The molecular weight excluding hydrogens is 114 g/mol. The lowest BCUT2D eigenvalue weighted by atomic mass is 10.2. The van der Waals surface area contributed by atoms with Crippen LogP contribution < -0.4 is 5.32 Å². The van der Waals surface area contributed by atoms with Gasteiger partial charge in [0.1, 0.15) is 6.29 Å². The maximum Gasteiger partial charge on any atom is 0.136 e. The minimum Gasteiger partial charge on any atom is -0.308 e. The van der Waals surface area contributed by atoms with E-state index in [-0.39, 0.29) is 6.04 Å². The maximum absolute atomic E-state index is 9.94. The Morgan fingerprint density at radius 3 is 2.44 bits per heavy atom. The summed E-state index contributed by atoms with van der Waals surface area (Å²) in [5.41, 5.74) is 0. The van der Waals surface area contributed by atoms with Crippen molar-refractivity contribution in [1.82, 2.24) is 5.32 Å². The van der Waals surface area contributed by atoms with Gasteiger partial charge in [-0.2, -0.15) is 0 Å². The molecule has 0 aliphatic carbocycles. The van der Waals surface area contributed by atoms with Gasteiger partial charge < -0.3 is 10.1 Å². The average molecular weight is 129 g/mol. The standard InChI is InChI=1S/C5H9NO.C2H6/c7-4-5-2-1-3-6-5;1-2/h4-6H,1-3H2;1-2H3. The molecule has 1 rings (SSSR count). The topological polar surface area (TPSA) is 29.1 Å². The van der Waals surface area contributed by atoms with Crippen LogP contribution in [0.4, 0.5) is 0 Å². The van der Waals surface area contributed by atoms with E-state index in [0.29, 0.717) is 0 Å². The van der Waals surface area contributed by atoms with Crippen LogP contribution in [0, 0.1) is 0 Å². The Morgan fingerprint density at radius 2 is 2.22 bits per heavy atom. The lowest BCUT2D eigenvalue weighted by molar-refractivity contribution is -0.109. The van der Waals surface area contributed by atoms with Gasteiger partial charge in [-0.25, -0.2) is 0 Å². The van der Waals surface area contributed by atoms with E-state index in [1.807, 2.05) is 13.8 Å². The van der Waals surface area contributed by atoms with Gasteiger partial charge in [0.25, 0.3) is 0 Å². The summed E-state index contributed by atoms with van der Waals surface area (Å²) in [7, 11) is 0. The van der Waals surface area contributed by atoms with E-state index in [1.54, 1.807) is 0 Å². The van der Waals surface area contributed by atoms with E-state index in [4.69, 9.17) is 0 Å². The van der Waals surface area contributed by atoms with Crippen molar-refractivity contribution in [1.29, 1.82) is 0 Å². The summed E-state index contributed by atoms with van der Waals surface area (Å²) in [5, 5.41) is 3.04. The first-order valence-corrected chi connectivity index (χ1v) is 3.62. The number of rotatable bonds is 1. The summed E-state index contributed by atoms with van der Waals surface area (Å²) in [6, 6.07) is 0.167. The zero-order valence-electron chi connectivity index (χ0n) is 6.18. The van der Waals surface area contributed by atoms with E-state index in [9.17, 15) is 4.79 Å². The van der Waals surface area contributed by atoms with E-state index >= 15 is 0 Å². The maximum atomic E-state index is 9.94. The summed E-state index contributed by atoms with van der Waals surface area (Å²) in [4.78, 5) is 9.94. The summed E-state index contributed by atoms with van der Waals surface area (Å²) < 4.78 is 0. The molecule has 1 heterocycles. The van der Waals surface area contributed by atoms with Crippen LogP contribution in [-0.2, 0) is 4.79 Å². The molecule has 0 aromatic carbocycles. The predicted octanol–water partition coefficient (Wildman–Crippen LogP) is 0.964. The molecule has 54 valence electrons. The zero-order chi connectivity index (χ0) is 7.11. The highest BCUT2D eigenvalue weighted by Crippen LogP contribution is 2.00. The molecule has 0 aromatic rings. The van der Waals surface area contributed by atoms with Crippen LogP contribution in [0.1, 0.15) is 26.7 Å². The Kier molecular flexibility index (Phi) is 5.52. The molecule has 1 saturated heterocycles. The van der Waals surface area contributed by atoms with E-state index < -0.39 is 0 Å². The third-order valence-electron chi connectivity index (χ3n) is 1.26. The molecule has 1 atom stereocenters. The Morgan fingerprint density at radius 1 is 1.56 bits per heavy atom. The second-order valence-electron chi connectivity index (χ2n) is 1.84. The molecule has 0 saturated carbocycles. The molecule has 1 aliphatic heterocycles. The number of hydrogen-bond acceptors (Lipinski definition) is 2. The average Bonchev–Trinajstić information content (AvgIpc) is 2.43. The second-order valence-corrected chi connectivity index (χ2v) is 1.84. The van der Waals surface area contributed by atoms with Crippen molar-refractivity contribution in [2.45, 2.75) is 32.7 Å². The molecule has 9 heavy (non-hydrogen) atoms. The SMILES string of the molecule is CC.O=CC1CCCN1. The fourth-order valence-electron chi connectivity index (χ4n) is 0.828. The number of hydrogen-bond donors (Lipinski definition) is 1. The third kappa shape index (κ3) is 3.25. The molecule has 0 aromatic heterocycles. The zero-order valence-corrected chi connectivity index (χ0v) is 6.18. The third-order valence-corrected chi connectivity index (χ3v) is 1.26. The highest BCUT2D eigenvalue weighted by molar-refractivity contribution is 5.57. The van der Waals surface area contributed by atoms with Crippen LogP contribution in [0.5, 0.6) is 0 Å². The van der Waals surface area contributed by atoms with Crippen molar-refractivity contribution in [3.8, 4) is 0 Å². The summed E-state index contributed by atoms with van der Waals surface area (Å²) in [5.74, 6) is 0. The minimum atomic E-state index is 0.167. The largest absolute Gasteiger partial charge is 0.308 e. The quantitative estimate of drug-likeness (QED) is 0.534. The smallest absolute Gasteiger partial charge is 0.136 e. The van der Waals surface area contributed by atoms with Crippen molar-refractivity contribution < 1.29 is 4.79 Å². The van der Waals surface area contributed by atoms with Gasteiger partial charge in [-0.3, -0.25) is 0 Å². The van der Waals surface area contributed by atoms with E-state index in [1.165, 1.54) is 0 Å². The highest BCUT2D eigenvalue weighted by Gasteiger charge is 2.10. The summed E-state index contributed by atoms with van der Waals surface area (Å²) >= 11 is 0. The second kappa shape index (κ2) is 5.76. The molecule has 2 heteroatoms. The Balaban J connectivity index is 0.000000291. The van der Waals surface area contributed by atoms with Crippen LogP contribution >= 0.6 is 0 Å². The lowest BCUT2D eigenvalue weighted by Gasteiger charge is -1.93. The molecule has 2 nitrogen and oxygen atoms in total. The first-order chi connectivity index (χ1) is 4.43. The molecule has 1 unspecified atom stereocenters. The summed E-state index contributed by atoms with van der Waals surface area (Å²) in [6.07, 6.45) is 3.17. The van der Waals surface area contributed by atoms with Gasteiger partial charge in [0.15, 0.2) is 0 Å². The van der Waals surface area contributed by atoms with Crippen molar-refractivity contribution in [3.05, 3.63) is 0 Å². The molecule has 0 amide bonds. The fraction of sp³-hybridized carbons (Fsp3) is 0.857. The van der Waals surface area contributed by atoms with Crippen LogP contribution in [0.15, 0.2) is 0 Å². The van der Waals surface area contributed by atoms with Crippen molar-refractivity contribution in [2.24, 2.45) is 0 Å². The number of nitrogens with one attached hydrogen (secondary N) is 1. The van der Waals surface area contributed by atoms with Crippen LogP contribution in [0.25, 0.3) is 0 Å². The van der Waals surface area contributed by atoms with E-state index in [2.05, 4.69) is 5.32 Å². The Labute approximate surface area is 56.6 Å². The molecular formula is C7H15NO. The van der Waals surface area contributed by atoms with E-state index in [0.717, 1.165) is 25.7 Å². The molecule has 1 fully saturated rings. The number of aldehydes is 1. The normalized spacial score (nSPS) is 24.4. The Hall–Kier alpha value is -0.370. The highest BCUT2D eigenvalue weighted by atomic mass is 16.1. The number of carbonyl (C=O) groups is 1. The van der Waals surface area contributed by atoms with Gasteiger partial charge in [0.2, 0.25) is 0 Å². The van der Waals surface area contributed by atoms with Gasteiger partial charge in [-0.05, 0) is 19.4 Å². The van der Waals surface area contributed by atoms with Crippen molar-refractivity contribution >= 4 is 6.29 Å². The first-order valence-electron chi connectivity index (χ1n) is 3.62. The summed E-state index contributed by atoms with van der Waals surface area (Å²) in [6.45, 7) is 5.02. The monoisotopic (exact) mass is 129 g/mol. The minimum absolute atomic E-state index is 0.167. The van der Waals surface area contributed by atoms with Crippen LogP contribution in [0.3, 0.4) is 0 Å². The molecule has 1 N–H and O–H groups in total. The van der Waals surface area contributed by atoms with Gasteiger partial charge in [0, 0.05) is 0 Å². The number of carbonyl (C=O) groups excluding carboxylic acids is 1. The fourth-order valence-corrected chi connectivity index (χ4v) is 0.828. The van der Waals surface area contributed by atoms with Gasteiger partial charge in [-0.15, -0.1) is 0 Å². The molecule has 0 bridgehead atoms. The molecule has 1 aliphatic rings. The van der Waals surface area contributed by atoms with Crippen LogP contribution in [0.2, 0.25) is 0 Å². The van der Waals surface area contributed by atoms with Crippen molar-refractivity contribution in [3.63, 3.8) is 0 Å². The Bertz CT molecular complexity index is 67.3.